The Kier molecular flexibility index (Phi) is 6.73. The number of hydrogen-bond donors (Lipinski definition) is 1. The van der Waals surface area contributed by atoms with E-state index in [0.717, 1.165) is 45.3 Å². The Hall–Kier alpha value is -1.22. The summed E-state index contributed by atoms with van der Waals surface area (Å²) in [5.41, 5.74) is 0. The van der Waals surface area contributed by atoms with Gasteiger partial charge in [0, 0.05) is 50.7 Å². The first-order chi connectivity index (χ1) is 14.0. The van der Waals surface area contributed by atoms with Crippen molar-refractivity contribution >= 4 is 11.8 Å². The first kappa shape index (κ1) is 21.0. The SMILES string of the molecule is CN1CCC(N2CC[C@@H]3[C@H]2C(=O)NC[C@H](CCC(=O)N2CCOCC2)N3C)CC1. The number of piperidine rings is 1. The number of hydrogen-bond acceptors (Lipinski definition) is 6. The summed E-state index contributed by atoms with van der Waals surface area (Å²) >= 11 is 0. The third-order valence-corrected chi connectivity index (χ3v) is 7.50. The normalized spacial score (nSPS) is 33.4. The van der Waals surface area contributed by atoms with Gasteiger partial charge in [0.2, 0.25) is 11.8 Å². The fourth-order valence-corrected chi connectivity index (χ4v) is 5.59. The lowest BCUT2D eigenvalue weighted by atomic mass is 10.0. The Labute approximate surface area is 174 Å². The number of carbonyl (C=O) groups excluding carboxylic acids is 2. The molecule has 0 aromatic rings. The molecule has 8 heteroatoms. The van der Waals surface area contributed by atoms with Crippen LogP contribution in [0.3, 0.4) is 0 Å². The fraction of sp³-hybridized carbons (Fsp3) is 0.905. The second-order valence-corrected chi connectivity index (χ2v) is 9.17. The topological polar surface area (TPSA) is 68.4 Å². The Morgan fingerprint density at radius 1 is 1.07 bits per heavy atom. The molecule has 4 saturated heterocycles. The molecule has 164 valence electrons. The molecule has 0 aliphatic carbocycles. The van der Waals surface area contributed by atoms with Crippen molar-refractivity contribution in [2.75, 3.05) is 66.6 Å². The van der Waals surface area contributed by atoms with E-state index < -0.39 is 0 Å². The predicted molar refractivity (Wildman–Crippen MR) is 111 cm³/mol. The van der Waals surface area contributed by atoms with Crippen LogP contribution in [0.25, 0.3) is 0 Å². The average Bonchev–Trinajstić information content (AvgIpc) is 3.15. The van der Waals surface area contributed by atoms with Crippen molar-refractivity contribution in [1.82, 2.24) is 24.9 Å². The van der Waals surface area contributed by atoms with Crippen LogP contribution in [-0.2, 0) is 14.3 Å². The summed E-state index contributed by atoms with van der Waals surface area (Å²) < 4.78 is 5.35. The Morgan fingerprint density at radius 2 is 1.79 bits per heavy atom. The molecule has 4 fully saturated rings. The number of likely N-dealkylation sites (tertiary alicyclic amines) is 2. The van der Waals surface area contributed by atoms with E-state index in [0.29, 0.717) is 45.3 Å². The highest BCUT2D eigenvalue weighted by atomic mass is 16.5. The van der Waals surface area contributed by atoms with E-state index in [1.165, 1.54) is 0 Å². The largest absolute Gasteiger partial charge is 0.378 e. The zero-order chi connectivity index (χ0) is 20.4. The first-order valence-corrected chi connectivity index (χ1v) is 11.3. The van der Waals surface area contributed by atoms with E-state index in [4.69, 9.17) is 4.74 Å². The highest BCUT2D eigenvalue weighted by molar-refractivity contribution is 5.83. The van der Waals surface area contributed by atoms with E-state index in [2.05, 4.69) is 34.1 Å². The predicted octanol–water partition coefficient (Wildman–Crippen LogP) is -0.407. The number of morpholine rings is 1. The number of fused-ring (bicyclic) bond motifs is 1. The number of nitrogens with one attached hydrogen (secondary N) is 1. The van der Waals surface area contributed by atoms with E-state index in [1.807, 2.05) is 4.90 Å². The van der Waals surface area contributed by atoms with Crippen molar-refractivity contribution in [3.05, 3.63) is 0 Å². The lowest BCUT2D eigenvalue weighted by Crippen LogP contribution is -2.54. The summed E-state index contributed by atoms with van der Waals surface area (Å²) in [6, 6.07) is 0.935. The van der Waals surface area contributed by atoms with Gasteiger partial charge in [0.1, 0.15) is 6.04 Å². The standard InChI is InChI=1S/C21H37N5O3/c1-23-8-5-16(6-9-23)26-10-7-18-20(26)21(28)22-15-17(24(18)2)3-4-19(27)25-11-13-29-14-12-25/h16-18,20H,3-15H2,1-2H3,(H,22,28)/t17-,18+,20-/m0/s1. The minimum absolute atomic E-state index is 0.0478. The van der Waals surface area contributed by atoms with Gasteiger partial charge in [-0.2, -0.15) is 0 Å². The van der Waals surface area contributed by atoms with Crippen LogP contribution < -0.4 is 5.32 Å². The van der Waals surface area contributed by atoms with E-state index in [-0.39, 0.29) is 29.9 Å². The molecule has 3 atom stereocenters. The molecule has 0 spiro atoms. The highest BCUT2D eigenvalue weighted by Gasteiger charge is 2.47. The first-order valence-electron chi connectivity index (χ1n) is 11.3. The zero-order valence-electron chi connectivity index (χ0n) is 18.0. The van der Waals surface area contributed by atoms with Crippen molar-refractivity contribution in [2.45, 2.75) is 56.3 Å². The number of carbonyl (C=O) groups is 2. The van der Waals surface area contributed by atoms with Gasteiger partial charge in [-0.05, 0) is 52.9 Å². The van der Waals surface area contributed by atoms with Gasteiger partial charge in [-0.15, -0.1) is 0 Å². The van der Waals surface area contributed by atoms with Gasteiger partial charge >= 0.3 is 0 Å². The quantitative estimate of drug-likeness (QED) is 0.684. The molecule has 1 N–H and O–H groups in total. The van der Waals surface area contributed by atoms with Crippen LogP contribution in [0.4, 0.5) is 0 Å². The summed E-state index contributed by atoms with van der Waals surface area (Å²) in [5, 5.41) is 3.20. The maximum Gasteiger partial charge on any atom is 0.239 e. The molecule has 0 bridgehead atoms. The molecule has 4 heterocycles. The molecule has 0 unspecified atom stereocenters. The summed E-state index contributed by atoms with van der Waals surface area (Å²) in [6.45, 7) is 6.55. The lowest BCUT2D eigenvalue weighted by molar-refractivity contribution is -0.135. The minimum Gasteiger partial charge on any atom is -0.378 e. The molecule has 0 radical (unpaired) electrons. The average molecular weight is 408 g/mol. The van der Waals surface area contributed by atoms with E-state index >= 15 is 0 Å². The summed E-state index contributed by atoms with van der Waals surface area (Å²) in [7, 11) is 4.33. The van der Waals surface area contributed by atoms with Crippen molar-refractivity contribution in [1.29, 1.82) is 0 Å². The lowest BCUT2D eigenvalue weighted by Gasteiger charge is -2.39. The van der Waals surface area contributed by atoms with E-state index in [9.17, 15) is 9.59 Å². The van der Waals surface area contributed by atoms with Crippen molar-refractivity contribution < 1.29 is 14.3 Å². The third-order valence-electron chi connectivity index (χ3n) is 7.50. The van der Waals surface area contributed by atoms with Crippen LogP contribution in [0, 0.1) is 0 Å². The summed E-state index contributed by atoms with van der Waals surface area (Å²) in [4.78, 5) is 34.7. The number of rotatable bonds is 4. The summed E-state index contributed by atoms with van der Waals surface area (Å²) in [5.74, 6) is 0.397. The molecule has 0 saturated carbocycles. The third kappa shape index (κ3) is 4.60. The Balaban J connectivity index is 1.36. The maximum atomic E-state index is 13.0. The smallest absolute Gasteiger partial charge is 0.239 e. The molecular weight excluding hydrogens is 370 g/mol. The van der Waals surface area contributed by atoms with Crippen LogP contribution in [0.15, 0.2) is 0 Å². The molecule has 4 aliphatic rings. The highest BCUT2D eigenvalue weighted by Crippen LogP contribution is 2.31. The number of likely N-dealkylation sites (N-methyl/N-ethyl adjacent to an activating group) is 1. The molecule has 0 aromatic carbocycles. The van der Waals surface area contributed by atoms with Crippen LogP contribution in [-0.4, -0.2) is 122 Å². The van der Waals surface area contributed by atoms with Crippen LogP contribution >= 0.6 is 0 Å². The van der Waals surface area contributed by atoms with Crippen molar-refractivity contribution in [3.8, 4) is 0 Å². The van der Waals surface area contributed by atoms with Gasteiger partial charge in [0.25, 0.3) is 0 Å². The van der Waals surface area contributed by atoms with Crippen LogP contribution in [0.5, 0.6) is 0 Å². The molecular formula is C21H37N5O3. The monoisotopic (exact) mass is 407 g/mol. The van der Waals surface area contributed by atoms with Crippen LogP contribution in [0.2, 0.25) is 0 Å². The van der Waals surface area contributed by atoms with Crippen molar-refractivity contribution in [3.63, 3.8) is 0 Å². The van der Waals surface area contributed by atoms with Gasteiger partial charge in [0.05, 0.1) is 13.2 Å². The van der Waals surface area contributed by atoms with Gasteiger partial charge in [-0.1, -0.05) is 0 Å². The maximum absolute atomic E-state index is 13.0. The molecule has 4 rings (SSSR count). The van der Waals surface area contributed by atoms with Gasteiger partial charge < -0.3 is 19.9 Å². The summed E-state index contributed by atoms with van der Waals surface area (Å²) in [6.07, 6.45) is 4.67. The van der Waals surface area contributed by atoms with Crippen LogP contribution in [0.1, 0.15) is 32.1 Å². The number of amides is 2. The van der Waals surface area contributed by atoms with Gasteiger partial charge in [0.15, 0.2) is 0 Å². The molecule has 4 aliphatic heterocycles. The second kappa shape index (κ2) is 9.29. The Morgan fingerprint density at radius 3 is 2.52 bits per heavy atom. The minimum atomic E-state index is -0.0478. The van der Waals surface area contributed by atoms with Gasteiger partial charge in [-0.25, -0.2) is 0 Å². The van der Waals surface area contributed by atoms with Gasteiger partial charge in [-0.3, -0.25) is 19.4 Å². The second-order valence-electron chi connectivity index (χ2n) is 9.17. The zero-order valence-corrected chi connectivity index (χ0v) is 18.0. The molecule has 8 nitrogen and oxygen atoms in total. The molecule has 0 aromatic heterocycles. The fourth-order valence-electron chi connectivity index (χ4n) is 5.59. The molecule has 29 heavy (non-hydrogen) atoms. The Bertz CT molecular complexity index is 589. The van der Waals surface area contributed by atoms with Crippen molar-refractivity contribution in [2.24, 2.45) is 0 Å². The molecule has 2 amide bonds. The van der Waals surface area contributed by atoms with E-state index in [1.54, 1.807) is 0 Å². The number of nitrogens with zero attached hydrogens (tertiary/aromatic N) is 4. The number of ether oxygens (including phenoxy) is 1.